The van der Waals surface area contributed by atoms with Crippen molar-refractivity contribution >= 4 is 11.6 Å². The molecule has 0 atom stereocenters. The number of carbonyl (C=O) groups is 2. The minimum absolute atomic E-state index is 0.0706. The molecule has 0 saturated carbocycles. The van der Waals surface area contributed by atoms with Crippen molar-refractivity contribution in [2.24, 2.45) is 0 Å². The third-order valence-corrected chi connectivity index (χ3v) is 1.74. The highest BCUT2D eigenvalue weighted by Crippen LogP contribution is 1.99. The Hall–Kier alpha value is -0.960. The van der Waals surface area contributed by atoms with E-state index in [-0.39, 0.29) is 11.6 Å². The SMILES string of the molecule is C=CCOCCCC(=O)CCC(C)=O. The Labute approximate surface area is 85.1 Å². The van der Waals surface area contributed by atoms with Gasteiger partial charge in [0.2, 0.25) is 0 Å². The van der Waals surface area contributed by atoms with Crippen molar-refractivity contribution < 1.29 is 14.3 Å². The molecule has 3 nitrogen and oxygen atoms in total. The first-order valence-electron chi connectivity index (χ1n) is 4.86. The van der Waals surface area contributed by atoms with E-state index in [1.54, 1.807) is 6.08 Å². The van der Waals surface area contributed by atoms with Gasteiger partial charge in [0, 0.05) is 25.9 Å². The number of carbonyl (C=O) groups excluding carboxylic acids is 2. The second-order valence-corrected chi connectivity index (χ2v) is 3.21. The third kappa shape index (κ3) is 9.13. The number of rotatable bonds is 9. The molecule has 0 radical (unpaired) electrons. The Bertz CT molecular complexity index is 197. The fraction of sp³-hybridized carbons (Fsp3) is 0.636. The van der Waals surface area contributed by atoms with Crippen LogP contribution in [0.15, 0.2) is 12.7 Å². The van der Waals surface area contributed by atoms with Crippen molar-refractivity contribution in [1.82, 2.24) is 0 Å². The van der Waals surface area contributed by atoms with E-state index in [0.29, 0.717) is 32.5 Å². The topological polar surface area (TPSA) is 43.4 Å². The summed E-state index contributed by atoms with van der Waals surface area (Å²) in [5, 5.41) is 0. The lowest BCUT2D eigenvalue weighted by Crippen LogP contribution is -2.03. The summed E-state index contributed by atoms with van der Waals surface area (Å²) in [7, 11) is 0. The zero-order valence-corrected chi connectivity index (χ0v) is 8.75. The van der Waals surface area contributed by atoms with Gasteiger partial charge in [-0.3, -0.25) is 4.79 Å². The average molecular weight is 198 g/mol. The van der Waals surface area contributed by atoms with Crippen molar-refractivity contribution in [3.8, 4) is 0 Å². The maximum absolute atomic E-state index is 11.2. The predicted octanol–water partition coefficient (Wildman–Crippen LogP) is 1.91. The molecule has 0 aliphatic rings. The van der Waals surface area contributed by atoms with Gasteiger partial charge < -0.3 is 9.53 Å². The minimum Gasteiger partial charge on any atom is -0.377 e. The largest absolute Gasteiger partial charge is 0.377 e. The normalized spacial score (nSPS) is 9.79. The molecule has 0 aromatic heterocycles. The van der Waals surface area contributed by atoms with Crippen LogP contribution < -0.4 is 0 Å². The molecule has 0 aliphatic heterocycles. The Morgan fingerprint density at radius 1 is 1.29 bits per heavy atom. The zero-order valence-electron chi connectivity index (χ0n) is 8.75. The number of ketones is 2. The minimum atomic E-state index is 0.0706. The van der Waals surface area contributed by atoms with E-state index in [0.717, 1.165) is 6.42 Å². The molecule has 0 heterocycles. The highest BCUT2D eigenvalue weighted by molar-refractivity contribution is 5.84. The summed E-state index contributed by atoms with van der Waals surface area (Å²) in [4.78, 5) is 21.7. The Balaban J connectivity index is 3.26. The summed E-state index contributed by atoms with van der Waals surface area (Å²) in [6.07, 6.45) is 3.65. The molecule has 0 unspecified atom stereocenters. The fourth-order valence-corrected chi connectivity index (χ4v) is 0.979. The molecular formula is C11H18O3. The molecule has 80 valence electrons. The van der Waals surface area contributed by atoms with E-state index < -0.39 is 0 Å². The predicted molar refractivity (Wildman–Crippen MR) is 55.2 cm³/mol. The molecular weight excluding hydrogens is 180 g/mol. The molecule has 14 heavy (non-hydrogen) atoms. The van der Waals surface area contributed by atoms with Crippen LogP contribution >= 0.6 is 0 Å². The highest BCUT2D eigenvalue weighted by Gasteiger charge is 2.03. The number of ether oxygens (including phenoxy) is 1. The molecule has 0 rings (SSSR count). The maximum Gasteiger partial charge on any atom is 0.133 e. The molecule has 0 fully saturated rings. The zero-order chi connectivity index (χ0) is 10.8. The van der Waals surface area contributed by atoms with Gasteiger partial charge >= 0.3 is 0 Å². The Kier molecular flexibility index (Phi) is 8.04. The van der Waals surface area contributed by atoms with E-state index in [2.05, 4.69) is 6.58 Å². The van der Waals surface area contributed by atoms with Crippen LogP contribution in [0.4, 0.5) is 0 Å². The fourth-order valence-electron chi connectivity index (χ4n) is 0.979. The van der Waals surface area contributed by atoms with E-state index in [1.807, 2.05) is 0 Å². The van der Waals surface area contributed by atoms with Crippen molar-refractivity contribution in [2.75, 3.05) is 13.2 Å². The standard InChI is InChI=1S/C11H18O3/c1-3-8-14-9-4-5-11(13)7-6-10(2)12/h3H,1,4-9H2,2H3. The number of hydrogen-bond acceptors (Lipinski definition) is 3. The van der Waals surface area contributed by atoms with Gasteiger partial charge in [-0.05, 0) is 13.3 Å². The smallest absolute Gasteiger partial charge is 0.133 e. The molecule has 0 bridgehead atoms. The monoisotopic (exact) mass is 198 g/mol. The van der Waals surface area contributed by atoms with Gasteiger partial charge in [0.25, 0.3) is 0 Å². The van der Waals surface area contributed by atoms with Gasteiger partial charge in [0.1, 0.15) is 11.6 Å². The summed E-state index contributed by atoms with van der Waals surface area (Å²) in [5.41, 5.74) is 0. The van der Waals surface area contributed by atoms with Crippen molar-refractivity contribution in [1.29, 1.82) is 0 Å². The molecule has 3 heteroatoms. The van der Waals surface area contributed by atoms with Gasteiger partial charge in [-0.1, -0.05) is 6.08 Å². The van der Waals surface area contributed by atoms with Gasteiger partial charge in [-0.2, -0.15) is 0 Å². The first kappa shape index (κ1) is 13.0. The van der Waals surface area contributed by atoms with E-state index >= 15 is 0 Å². The first-order chi connectivity index (χ1) is 6.66. The molecule has 0 spiro atoms. The summed E-state index contributed by atoms with van der Waals surface area (Å²) in [5.74, 6) is 0.212. The van der Waals surface area contributed by atoms with Crippen LogP contribution in [-0.4, -0.2) is 24.8 Å². The molecule has 0 amide bonds. The lowest BCUT2D eigenvalue weighted by Gasteiger charge is -2.00. The molecule has 0 saturated heterocycles. The van der Waals surface area contributed by atoms with E-state index in [1.165, 1.54) is 6.92 Å². The molecule has 0 N–H and O–H groups in total. The van der Waals surface area contributed by atoms with Gasteiger partial charge in [-0.15, -0.1) is 6.58 Å². The third-order valence-electron chi connectivity index (χ3n) is 1.74. The first-order valence-corrected chi connectivity index (χ1v) is 4.86. The van der Waals surface area contributed by atoms with Gasteiger partial charge in [-0.25, -0.2) is 0 Å². The molecule has 0 aromatic rings. The van der Waals surface area contributed by atoms with E-state index in [9.17, 15) is 9.59 Å². The van der Waals surface area contributed by atoms with Crippen LogP contribution in [0, 0.1) is 0 Å². The second-order valence-electron chi connectivity index (χ2n) is 3.21. The van der Waals surface area contributed by atoms with Crippen LogP contribution in [0.2, 0.25) is 0 Å². The number of Topliss-reactive ketones (excluding diaryl/α,β-unsaturated/α-hetero) is 2. The summed E-state index contributed by atoms with van der Waals surface area (Å²) >= 11 is 0. The summed E-state index contributed by atoms with van der Waals surface area (Å²) in [6, 6.07) is 0. The second kappa shape index (κ2) is 8.63. The van der Waals surface area contributed by atoms with Crippen molar-refractivity contribution in [3.05, 3.63) is 12.7 Å². The van der Waals surface area contributed by atoms with Crippen LogP contribution in [0.3, 0.4) is 0 Å². The molecule has 0 aliphatic carbocycles. The van der Waals surface area contributed by atoms with Crippen LogP contribution in [0.1, 0.15) is 32.6 Å². The van der Waals surface area contributed by atoms with Gasteiger partial charge in [0.05, 0.1) is 6.61 Å². The van der Waals surface area contributed by atoms with Crippen LogP contribution in [-0.2, 0) is 14.3 Å². The summed E-state index contributed by atoms with van der Waals surface area (Å²) in [6.45, 7) is 6.12. The van der Waals surface area contributed by atoms with E-state index in [4.69, 9.17) is 4.74 Å². The van der Waals surface area contributed by atoms with Crippen molar-refractivity contribution in [2.45, 2.75) is 32.6 Å². The Morgan fingerprint density at radius 2 is 2.00 bits per heavy atom. The maximum atomic E-state index is 11.2. The average Bonchev–Trinajstić information content (AvgIpc) is 2.14. The van der Waals surface area contributed by atoms with Gasteiger partial charge in [0.15, 0.2) is 0 Å². The Morgan fingerprint density at radius 3 is 2.57 bits per heavy atom. The lowest BCUT2D eigenvalue weighted by atomic mass is 10.1. The van der Waals surface area contributed by atoms with Crippen LogP contribution in [0.5, 0.6) is 0 Å². The van der Waals surface area contributed by atoms with Crippen LogP contribution in [0.25, 0.3) is 0 Å². The lowest BCUT2D eigenvalue weighted by molar-refractivity contribution is -0.123. The van der Waals surface area contributed by atoms with Crippen molar-refractivity contribution in [3.63, 3.8) is 0 Å². The number of hydrogen-bond donors (Lipinski definition) is 0. The highest BCUT2D eigenvalue weighted by atomic mass is 16.5. The molecule has 0 aromatic carbocycles. The summed E-state index contributed by atoms with van der Waals surface area (Å²) < 4.78 is 5.12. The quantitative estimate of drug-likeness (QED) is 0.420.